The molecular weight excluding hydrogens is 244 g/mol. The standard InChI is InChI=1S/C13H18N4O2/c18-11(19)7-17-12(14-15-16-17)13-4-8-1-9(5-13)3-10(2-8)6-13/h8-10H,1-7H2,(H,18,19). The van der Waals surface area contributed by atoms with Crippen LogP contribution in [0.15, 0.2) is 0 Å². The quantitative estimate of drug-likeness (QED) is 0.886. The third-order valence-corrected chi connectivity index (χ3v) is 5.33. The number of carbonyl (C=O) groups is 1. The molecule has 0 aliphatic heterocycles. The Hall–Kier alpha value is -1.46. The van der Waals surface area contributed by atoms with Crippen LogP contribution in [0.1, 0.15) is 44.3 Å². The van der Waals surface area contributed by atoms with Gasteiger partial charge in [0.2, 0.25) is 0 Å². The van der Waals surface area contributed by atoms with Crippen LogP contribution in [-0.2, 0) is 16.8 Å². The number of hydrogen-bond donors (Lipinski definition) is 1. The van der Waals surface area contributed by atoms with Crippen molar-refractivity contribution in [3.8, 4) is 0 Å². The number of aromatic nitrogens is 4. The van der Waals surface area contributed by atoms with Gasteiger partial charge in [-0.15, -0.1) is 5.10 Å². The summed E-state index contributed by atoms with van der Waals surface area (Å²) in [6, 6.07) is 0. The van der Waals surface area contributed by atoms with Gasteiger partial charge in [0, 0.05) is 5.41 Å². The third kappa shape index (κ3) is 1.69. The van der Waals surface area contributed by atoms with Crippen molar-refractivity contribution in [1.82, 2.24) is 20.2 Å². The summed E-state index contributed by atoms with van der Waals surface area (Å²) in [5.41, 5.74) is 0.0632. The van der Waals surface area contributed by atoms with Gasteiger partial charge in [-0.1, -0.05) is 0 Å². The maximum absolute atomic E-state index is 10.9. The Morgan fingerprint density at radius 3 is 2.32 bits per heavy atom. The van der Waals surface area contributed by atoms with Crippen LogP contribution in [0.25, 0.3) is 0 Å². The first-order chi connectivity index (χ1) is 9.14. The molecule has 0 unspecified atom stereocenters. The summed E-state index contributed by atoms with van der Waals surface area (Å²) in [7, 11) is 0. The lowest BCUT2D eigenvalue weighted by Gasteiger charge is -2.55. The Labute approximate surface area is 111 Å². The van der Waals surface area contributed by atoms with Gasteiger partial charge < -0.3 is 5.11 Å². The zero-order chi connectivity index (χ0) is 13.0. The van der Waals surface area contributed by atoms with E-state index in [0.717, 1.165) is 42.8 Å². The highest BCUT2D eigenvalue weighted by atomic mass is 16.4. The SMILES string of the molecule is O=C(O)Cn1nnnc1C12CC3CC(CC(C3)C1)C2. The molecule has 0 amide bonds. The van der Waals surface area contributed by atoms with Crippen molar-refractivity contribution in [2.24, 2.45) is 17.8 Å². The Morgan fingerprint density at radius 2 is 1.79 bits per heavy atom. The molecule has 0 radical (unpaired) electrons. The molecule has 4 saturated carbocycles. The number of hydrogen-bond acceptors (Lipinski definition) is 4. The van der Waals surface area contributed by atoms with E-state index in [1.54, 1.807) is 0 Å². The molecule has 6 nitrogen and oxygen atoms in total. The highest BCUT2D eigenvalue weighted by Crippen LogP contribution is 2.60. The van der Waals surface area contributed by atoms with Crippen LogP contribution in [-0.4, -0.2) is 31.3 Å². The van der Waals surface area contributed by atoms with Crippen molar-refractivity contribution < 1.29 is 9.90 Å². The normalized spacial score (nSPS) is 39.7. The Balaban J connectivity index is 1.72. The average molecular weight is 262 g/mol. The predicted octanol–water partition coefficient (Wildman–Crippen LogP) is 1.23. The van der Waals surface area contributed by atoms with Crippen molar-refractivity contribution in [3.05, 3.63) is 5.82 Å². The molecule has 4 fully saturated rings. The van der Waals surface area contributed by atoms with E-state index in [-0.39, 0.29) is 12.0 Å². The van der Waals surface area contributed by atoms with E-state index in [9.17, 15) is 4.79 Å². The summed E-state index contributed by atoms with van der Waals surface area (Å²) in [5.74, 6) is 2.37. The fraction of sp³-hybridized carbons (Fsp3) is 0.846. The highest BCUT2D eigenvalue weighted by Gasteiger charge is 2.54. The molecule has 0 spiro atoms. The first kappa shape index (κ1) is 11.4. The number of carboxylic acid groups (broad SMARTS) is 1. The molecule has 0 aromatic carbocycles. The Kier molecular flexibility index (Phi) is 2.26. The molecule has 102 valence electrons. The number of carboxylic acids is 1. The predicted molar refractivity (Wildman–Crippen MR) is 65.3 cm³/mol. The molecule has 1 N–H and O–H groups in total. The number of nitrogens with zero attached hydrogens (tertiary/aromatic N) is 4. The van der Waals surface area contributed by atoms with E-state index < -0.39 is 5.97 Å². The van der Waals surface area contributed by atoms with Gasteiger partial charge in [-0.3, -0.25) is 4.79 Å². The molecule has 1 heterocycles. The van der Waals surface area contributed by atoms with Crippen molar-refractivity contribution in [2.45, 2.75) is 50.5 Å². The van der Waals surface area contributed by atoms with Crippen molar-refractivity contribution in [1.29, 1.82) is 0 Å². The lowest BCUT2D eigenvalue weighted by molar-refractivity contribution is -0.138. The number of rotatable bonds is 3. The smallest absolute Gasteiger partial charge is 0.325 e. The summed E-state index contributed by atoms with van der Waals surface area (Å²) in [6.07, 6.45) is 7.54. The van der Waals surface area contributed by atoms with Gasteiger partial charge in [-0.2, -0.15) is 0 Å². The molecule has 4 bridgehead atoms. The minimum Gasteiger partial charge on any atom is -0.480 e. The molecule has 1 aromatic rings. The molecule has 1 aromatic heterocycles. The molecule has 0 atom stereocenters. The molecule has 5 rings (SSSR count). The van der Waals surface area contributed by atoms with Crippen LogP contribution in [0.4, 0.5) is 0 Å². The van der Waals surface area contributed by atoms with Crippen LogP contribution < -0.4 is 0 Å². The van der Waals surface area contributed by atoms with Gasteiger partial charge in [0.25, 0.3) is 0 Å². The summed E-state index contributed by atoms with van der Waals surface area (Å²) in [4.78, 5) is 10.9. The lowest BCUT2D eigenvalue weighted by Crippen LogP contribution is -2.50. The van der Waals surface area contributed by atoms with E-state index in [2.05, 4.69) is 15.5 Å². The second kappa shape index (κ2) is 3.77. The van der Waals surface area contributed by atoms with Crippen molar-refractivity contribution >= 4 is 5.97 Å². The maximum Gasteiger partial charge on any atom is 0.325 e. The fourth-order valence-corrected chi connectivity index (χ4v) is 5.20. The minimum absolute atomic E-state index is 0.0632. The second-order valence-corrected chi connectivity index (χ2v) is 6.75. The van der Waals surface area contributed by atoms with Gasteiger partial charge in [0.15, 0.2) is 5.82 Å². The molecule has 0 saturated heterocycles. The Morgan fingerprint density at radius 1 is 1.21 bits per heavy atom. The summed E-state index contributed by atoms with van der Waals surface area (Å²) < 4.78 is 1.51. The van der Waals surface area contributed by atoms with E-state index in [1.807, 2.05) is 0 Å². The van der Waals surface area contributed by atoms with Gasteiger partial charge in [0.1, 0.15) is 6.54 Å². The van der Waals surface area contributed by atoms with E-state index in [4.69, 9.17) is 5.11 Å². The van der Waals surface area contributed by atoms with Crippen LogP contribution in [0.2, 0.25) is 0 Å². The van der Waals surface area contributed by atoms with E-state index in [1.165, 1.54) is 23.9 Å². The average Bonchev–Trinajstić information content (AvgIpc) is 2.74. The molecule has 19 heavy (non-hydrogen) atoms. The highest BCUT2D eigenvalue weighted by molar-refractivity contribution is 5.66. The zero-order valence-corrected chi connectivity index (χ0v) is 10.8. The maximum atomic E-state index is 10.9. The summed E-state index contributed by atoms with van der Waals surface area (Å²) in [5, 5.41) is 20.8. The molecular formula is C13H18N4O2. The van der Waals surface area contributed by atoms with E-state index in [0.29, 0.717) is 0 Å². The topological polar surface area (TPSA) is 80.9 Å². The van der Waals surface area contributed by atoms with Gasteiger partial charge in [0.05, 0.1) is 0 Å². The number of aliphatic carboxylic acids is 1. The summed E-state index contributed by atoms with van der Waals surface area (Å²) in [6.45, 7) is -0.121. The van der Waals surface area contributed by atoms with Crippen molar-refractivity contribution in [2.75, 3.05) is 0 Å². The monoisotopic (exact) mass is 262 g/mol. The first-order valence-corrected chi connectivity index (χ1v) is 7.13. The number of tetrazole rings is 1. The molecule has 4 aliphatic carbocycles. The third-order valence-electron chi connectivity index (χ3n) is 5.33. The largest absolute Gasteiger partial charge is 0.480 e. The Bertz CT molecular complexity index is 489. The molecule has 6 heteroatoms. The first-order valence-electron chi connectivity index (χ1n) is 7.13. The van der Waals surface area contributed by atoms with Crippen molar-refractivity contribution in [3.63, 3.8) is 0 Å². The van der Waals surface area contributed by atoms with Gasteiger partial charge >= 0.3 is 5.97 Å². The summed E-state index contributed by atoms with van der Waals surface area (Å²) >= 11 is 0. The lowest BCUT2D eigenvalue weighted by atomic mass is 9.49. The van der Waals surface area contributed by atoms with Crippen LogP contribution >= 0.6 is 0 Å². The zero-order valence-electron chi connectivity index (χ0n) is 10.8. The van der Waals surface area contributed by atoms with Gasteiger partial charge in [-0.05, 0) is 66.7 Å². The molecule has 4 aliphatic rings. The van der Waals surface area contributed by atoms with E-state index >= 15 is 0 Å². The minimum atomic E-state index is -0.877. The second-order valence-electron chi connectivity index (χ2n) is 6.75. The van der Waals surface area contributed by atoms with Crippen LogP contribution in [0, 0.1) is 17.8 Å². The van der Waals surface area contributed by atoms with Crippen LogP contribution in [0.5, 0.6) is 0 Å². The van der Waals surface area contributed by atoms with Gasteiger partial charge in [-0.25, -0.2) is 4.68 Å². The fourth-order valence-electron chi connectivity index (χ4n) is 5.20. The van der Waals surface area contributed by atoms with Crippen LogP contribution in [0.3, 0.4) is 0 Å².